The second-order valence-electron chi connectivity index (χ2n) is 4.31. The van der Waals surface area contributed by atoms with Crippen molar-refractivity contribution in [2.75, 3.05) is 18.5 Å². The molecule has 1 rings (SSSR count). The quantitative estimate of drug-likeness (QED) is 0.811. The standard InChI is InChI=1S/C13H21BrN2O/c1-3-4-11(7-8-17)9-15-13-6-5-12(14)10(2)16-13/h5-6,11,17H,3-4,7-9H2,1-2H3,(H,15,16). The topological polar surface area (TPSA) is 45.1 Å². The second kappa shape index (κ2) is 7.67. The first-order valence-corrected chi connectivity index (χ1v) is 6.94. The molecule has 1 aromatic rings. The van der Waals surface area contributed by atoms with E-state index in [4.69, 9.17) is 5.11 Å². The molecule has 0 spiro atoms. The Labute approximate surface area is 112 Å². The lowest BCUT2D eigenvalue weighted by Crippen LogP contribution is -2.16. The third-order valence-corrected chi connectivity index (χ3v) is 3.67. The number of aliphatic hydroxyl groups excluding tert-OH is 1. The molecule has 0 bridgehead atoms. The second-order valence-corrected chi connectivity index (χ2v) is 5.17. The van der Waals surface area contributed by atoms with Crippen LogP contribution in [0.5, 0.6) is 0 Å². The predicted octanol–water partition coefficient (Wildman–Crippen LogP) is 3.36. The predicted molar refractivity (Wildman–Crippen MR) is 75.3 cm³/mol. The summed E-state index contributed by atoms with van der Waals surface area (Å²) in [6, 6.07) is 3.98. The molecule has 0 aliphatic rings. The first-order valence-electron chi connectivity index (χ1n) is 6.15. The molecule has 1 heterocycles. The Morgan fingerprint density at radius 1 is 1.41 bits per heavy atom. The molecule has 0 saturated heterocycles. The molecule has 0 amide bonds. The molecule has 4 heteroatoms. The fraction of sp³-hybridized carbons (Fsp3) is 0.615. The van der Waals surface area contributed by atoms with Gasteiger partial charge >= 0.3 is 0 Å². The highest BCUT2D eigenvalue weighted by atomic mass is 79.9. The minimum atomic E-state index is 0.263. The highest BCUT2D eigenvalue weighted by molar-refractivity contribution is 9.10. The number of hydrogen-bond donors (Lipinski definition) is 2. The molecular formula is C13H21BrN2O. The average Bonchev–Trinajstić information content (AvgIpc) is 2.31. The Kier molecular flexibility index (Phi) is 6.52. The molecule has 17 heavy (non-hydrogen) atoms. The van der Waals surface area contributed by atoms with E-state index in [1.54, 1.807) is 0 Å². The molecule has 3 nitrogen and oxygen atoms in total. The van der Waals surface area contributed by atoms with Crippen LogP contribution in [-0.2, 0) is 0 Å². The maximum atomic E-state index is 8.99. The van der Waals surface area contributed by atoms with Crippen LogP contribution in [0.25, 0.3) is 0 Å². The van der Waals surface area contributed by atoms with Crippen LogP contribution >= 0.6 is 15.9 Å². The molecule has 0 saturated carbocycles. The summed E-state index contributed by atoms with van der Waals surface area (Å²) in [7, 11) is 0. The number of aromatic nitrogens is 1. The summed E-state index contributed by atoms with van der Waals surface area (Å²) < 4.78 is 1.03. The van der Waals surface area contributed by atoms with Crippen LogP contribution in [0.3, 0.4) is 0 Å². The van der Waals surface area contributed by atoms with Crippen molar-refractivity contribution in [1.82, 2.24) is 4.98 Å². The maximum Gasteiger partial charge on any atom is 0.126 e. The normalized spacial score (nSPS) is 12.5. The zero-order valence-corrected chi connectivity index (χ0v) is 12.1. The van der Waals surface area contributed by atoms with E-state index in [9.17, 15) is 0 Å². The van der Waals surface area contributed by atoms with E-state index in [-0.39, 0.29) is 6.61 Å². The van der Waals surface area contributed by atoms with Gasteiger partial charge in [0.25, 0.3) is 0 Å². The van der Waals surface area contributed by atoms with Crippen LogP contribution in [0.2, 0.25) is 0 Å². The number of nitrogens with one attached hydrogen (secondary N) is 1. The summed E-state index contributed by atoms with van der Waals surface area (Å²) >= 11 is 3.44. The van der Waals surface area contributed by atoms with Crippen LogP contribution in [0, 0.1) is 12.8 Å². The Morgan fingerprint density at radius 2 is 2.18 bits per heavy atom. The third-order valence-electron chi connectivity index (χ3n) is 2.83. The van der Waals surface area contributed by atoms with E-state index >= 15 is 0 Å². The highest BCUT2D eigenvalue weighted by Gasteiger charge is 2.07. The van der Waals surface area contributed by atoms with Crippen LogP contribution < -0.4 is 5.32 Å². The Hall–Kier alpha value is -0.610. The van der Waals surface area contributed by atoms with E-state index in [2.05, 4.69) is 33.2 Å². The zero-order chi connectivity index (χ0) is 12.7. The number of halogens is 1. The molecule has 0 aliphatic carbocycles. The molecule has 0 aliphatic heterocycles. The van der Waals surface area contributed by atoms with Crippen molar-refractivity contribution >= 4 is 21.7 Å². The van der Waals surface area contributed by atoms with Crippen molar-refractivity contribution in [1.29, 1.82) is 0 Å². The molecule has 1 aromatic heterocycles. The molecule has 0 fully saturated rings. The van der Waals surface area contributed by atoms with Crippen molar-refractivity contribution in [2.24, 2.45) is 5.92 Å². The fourth-order valence-corrected chi connectivity index (χ4v) is 2.05. The van der Waals surface area contributed by atoms with Crippen molar-refractivity contribution < 1.29 is 5.11 Å². The summed E-state index contributed by atoms with van der Waals surface area (Å²) in [4.78, 5) is 4.44. The van der Waals surface area contributed by atoms with E-state index in [0.717, 1.165) is 41.8 Å². The first-order chi connectivity index (χ1) is 8.17. The number of aryl methyl sites for hydroxylation is 1. The van der Waals surface area contributed by atoms with Gasteiger partial charge in [0, 0.05) is 17.6 Å². The van der Waals surface area contributed by atoms with Gasteiger partial charge in [-0.1, -0.05) is 13.3 Å². The number of anilines is 1. The van der Waals surface area contributed by atoms with Gasteiger partial charge in [0.15, 0.2) is 0 Å². The minimum absolute atomic E-state index is 0.263. The van der Waals surface area contributed by atoms with E-state index in [1.165, 1.54) is 0 Å². The number of pyridine rings is 1. The van der Waals surface area contributed by atoms with E-state index in [1.807, 2.05) is 19.1 Å². The number of nitrogens with zero attached hydrogens (tertiary/aromatic N) is 1. The number of aliphatic hydroxyl groups is 1. The third kappa shape index (κ3) is 5.04. The lowest BCUT2D eigenvalue weighted by Gasteiger charge is -2.16. The number of rotatable bonds is 7. The van der Waals surface area contributed by atoms with E-state index in [0.29, 0.717) is 5.92 Å². The number of hydrogen-bond acceptors (Lipinski definition) is 3. The smallest absolute Gasteiger partial charge is 0.126 e. The monoisotopic (exact) mass is 300 g/mol. The molecule has 2 N–H and O–H groups in total. The first kappa shape index (κ1) is 14.5. The van der Waals surface area contributed by atoms with Gasteiger partial charge in [-0.15, -0.1) is 0 Å². The molecule has 1 atom stereocenters. The van der Waals surface area contributed by atoms with Crippen molar-refractivity contribution in [3.05, 3.63) is 22.3 Å². The van der Waals surface area contributed by atoms with Crippen molar-refractivity contribution in [2.45, 2.75) is 33.1 Å². The molecule has 96 valence electrons. The zero-order valence-electron chi connectivity index (χ0n) is 10.5. The summed E-state index contributed by atoms with van der Waals surface area (Å²) in [5.74, 6) is 1.43. The van der Waals surface area contributed by atoms with E-state index < -0.39 is 0 Å². The maximum absolute atomic E-state index is 8.99. The summed E-state index contributed by atoms with van der Waals surface area (Å²) in [6.07, 6.45) is 3.15. The van der Waals surface area contributed by atoms with Crippen LogP contribution in [0.4, 0.5) is 5.82 Å². The molecule has 0 radical (unpaired) electrons. The van der Waals surface area contributed by atoms with Gasteiger partial charge in [-0.2, -0.15) is 0 Å². The highest BCUT2D eigenvalue weighted by Crippen LogP contribution is 2.17. The lowest BCUT2D eigenvalue weighted by molar-refractivity contribution is 0.255. The van der Waals surface area contributed by atoms with Gasteiger partial charge in [-0.25, -0.2) is 4.98 Å². The van der Waals surface area contributed by atoms with Gasteiger partial charge in [0.2, 0.25) is 0 Å². The SMILES string of the molecule is CCCC(CCO)CNc1ccc(Br)c(C)n1. The van der Waals surface area contributed by atoms with Gasteiger partial charge in [-0.05, 0) is 53.7 Å². The molecular weight excluding hydrogens is 280 g/mol. The minimum Gasteiger partial charge on any atom is -0.396 e. The van der Waals surface area contributed by atoms with Gasteiger partial charge in [-0.3, -0.25) is 0 Å². The molecule has 1 unspecified atom stereocenters. The van der Waals surface area contributed by atoms with Gasteiger partial charge < -0.3 is 10.4 Å². The van der Waals surface area contributed by atoms with Crippen LogP contribution in [0.15, 0.2) is 16.6 Å². The summed E-state index contributed by atoms with van der Waals surface area (Å²) in [5, 5.41) is 12.3. The fourth-order valence-electron chi connectivity index (χ4n) is 1.83. The van der Waals surface area contributed by atoms with Gasteiger partial charge in [0.05, 0.1) is 5.69 Å². The Morgan fingerprint density at radius 3 is 2.76 bits per heavy atom. The summed E-state index contributed by atoms with van der Waals surface area (Å²) in [6.45, 7) is 5.29. The lowest BCUT2D eigenvalue weighted by atomic mass is 10.0. The average molecular weight is 301 g/mol. The Balaban J connectivity index is 2.49. The molecule has 0 aromatic carbocycles. The largest absolute Gasteiger partial charge is 0.396 e. The van der Waals surface area contributed by atoms with Crippen LogP contribution in [0.1, 0.15) is 31.9 Å². The van der Waals surface area contributed by atoms with Crippen LogP contribution in [-0.4, -0.2) is 23.2 Å². The summed E-state index contributed by atoms with van der Waals surface area (Å²) in [5.41, 5.74) is 0.990. The Bertz CT molecular complexity index is 338. The van der Waals surface area contributed by atoms with Crippen molar-refractivity contribution in [3.8, 4) is 0 Å². The van der Waals surface area contributed by atoms with Crippen molar-refractivity contribution in [3.63, 3.8) is 0 Å². The van der Waals surface area contributed by atoms with Gasteiger partial charge in [0.1, 0.15) is 5.82 Å².